The molecule has 8 heteroatoms. The molecule has 4 rings (SSSR count). The zero-order valence-corrected chi connectivity index (χ0v) is 18.1. The third-order valence-electron chi connectivity index (χ3n) is 4.77. The lowest BCUT2D eigenvalue weighted by Gasteiger charge is -2.17. The van der Waals surface area contributed by atoms with Crippen LogP contribution in [0.25, 0.3) is 11.4 Å². The molecule has 0 spiro atoms. The van der Waals surface area contributed by atoms with Crippen LogP contribution in [0.3, 0.4) is 0 Å². The molecule has 0 atom stereocenters. The summed E-state index contributed by atoms with van der Waals surface area (Å²) in [4.78, 5) is 32.7. The average Bonchev–Trinajstić information content (AvgIpc) is 3.19. The second-order valence-corrected chi connectivity index (χ2v) is 9.22. The molecular formula is C21H22N6OS. The Labute approximate surface area is 172 Å². The lowest BCUT2D eigenvalue weighted by molar-refractivity contribution is 0.592. The Morgan fingerprint density at radius 2 is 1.86 bits per heavy atom. The second-order valence-electron chi connectivity index (χ2n) is 8.04. The van der Waals surface area contributed by atoms with Crippen molar-refractivity contribution in [2.75, 3.05) is 0 Å². The van der Waals surface area contributed by atoms with Gasteiger partial charge >= 0.3 is 0 Å². The van der Waals surface area contributed by atoms with Crippen molar-refractivity contribution < 1.29 is 0 Å². The Bertz CT molecular complexity index is 1210. The predicted octanol–water partition coefficient (Wildman–Crippen LogP) is 4.07. The van der Waals surface area contributed by atoms with E-state index in [2.05, 4.69) is 15.1 Å². The van der Waals surface area contributed by atoms with E-state index in [1.807, 2.05) is 52.8 Å². The van der Waals surface area contributed by atoms with Crippen molar-refractivity contribution in [1.82, 2.24) is 19.6 Å². The van der Waals surface area contributed by atoms with Gasteiger partial charge in [-0.1, -0.05) is 38.2 Å². The summed E-state index contributed by atoms with van der Waals surface area (Å²) in [5.74, 6) is 0.427. The standard InChI is InChI=1S/C21H22N6OS/c1-11-15(14-9-7-8-10-22-14)24-18-16(25-20-23-12(2)13(3)29-20)17(21(4,5)6)26-27(18)19(11)28/h7-10H,1-6H3/b25-16-. The van der Waals surface area contributed by atoms with Crippen LogP contribution in [-0.4, -0.2) is 31.1 Å². The van der Waals surface area contributed by atoms with Crippen molar-refractivity contribution >= 4 is 27.9 Å². The number of fused-ring (bicyclic) bond motifs is 1. The minimum atomic E-state index is -0.320. The zero-order valence-electron chi connectivity index (χ0n) is 17.3. The van der Waals surface area contributed by atoms with E-state index < -0.39 is 0 Å². The summed E-state index contributed by atoms with van der Waals surface area (Å²) in [6.07, 6.45) is 1.69. The van der Waals surface area contributed by atoms with Crippen LogP contribution < -0.4 is 5.56 Å². The van der Waals surface area contributed by atoms with E-state index in [1.54, 1.807) is 13.1 Å². The third kappa shape index (κ3) is 3.33. The lowest BCUT2D eigenvalue weighted by Crippen LogP contribution is -2.28. The average molecular weight is 407 g/mol. The number of rotatable bonds is 2. The number of thiazole rings is 1. The first-order valence-electron chi connectivity index (χ1n) is 9.35. The summed E-state index contributed by atoms with van der Waals surface area (Å²) < 4.78 is 1.36. The normalized spacial score (nSPS) is 15.0. The van der Waals surface area contributed by atoms with E-state index in [9.17, 15) is 4.79 Å². The summed E-state index contributed by atoms with van der Waals surface area (Å²) in [6.45, 7) is 11.9. The quantitative estimate of drug-likeness (QED) is 0.642. The maximum atomic E-state index is 13.1. The van der Waals surface area contributed by atoms with Crippen LogP contribution in [0.5, 0.6) is 0 Å². The molecule has 4 heterocycles. The summed E-state index contributed by atoms with van der Waals surface area (Å²) in [5.41, 5.74) is 3.41. The van der Waals surface area contributed by atoms with Gasteiger partial charge in [0, 0.05) is 22.1 Å². The van der Waals surface area contributed by atoms with Crippen molar-refractivity contribution in [2.24, 2.45) is 15.5 Å². The molecule has 0 amide bonds. The highest BCUT2D eigenvalue weighted by Crippen LogP contribution is 2.30. The van der Waals surface area contributed by atoms with Crippen LogP contribution >= 0.6 is 11.3 Å². The van der Waals surface area contributed by atoms with Gasteiger partial charge in [0.05, 0.1) is 22.8 Å². The SMILES string of the molecule is Cc1nc(/N=C2/C(C(C)(C)C)=Nn3c2nc(-c2ccccn2)c(C)c3=O)sc1C. The maximum Gasteiger partial charge on any atom is 0.278 e. The number of aliphatic imine (C=N–C) groups is 1. The molecule has 3 aromatic rings. The minimum Gasteiger partial charge on any atom is -0.267 e. The monoisotopic (exact) mass is 406 g/mol. The van der Waals surface area contributed by atoms with Crippen molar-refractivity contribution in [3.8, 4) is 11.4 Å². The Morgan fingerprint density at radius 3 is 2.45 bits per heavy atom. The fourth-order valence-corrected chi connectivity index (χ4v) is 3.84. The summed E-state index contributed by atoms with van der Waals surface area (Å²) in [6, 6.07) is 5.55. The Kier molecular flexibility index (Phi) is 4.53. The predicted molar refractivity (Wildman–Crippen MR) is 117 cm³/mol. The molecule has 0 fully saturated rings. The first kappa shape index (κ1) is 19.3. The zero-order chi connectivity index (χ0) is 20.9. The van der Waals surface area contributed by atoms with Crippen molar-refractivity contribution in [3.63, 3.8) is 0 Å². The van der Waals surface area contributed by atoms with Gasteiger partial charge in [0.25, 0.3) is 5.56 Å². The van der Waals surface area contributed by atoms with Gasteiger partial charge in [-0.3, -0.25) is 9.78 Å². The number of aryl methyl sites for hydroxylation is 2. The van der Waals surface area contributed by atoms with Gasteiger partial charge in [0.2, 0.25) is 5.13 Å². The highest BCUT2D eigenvalue weighted by Gasteiger charge is 2.35. The highest BCUT2D eigenvalue weighted by molar-refractivity contribution is 7.15. The van der Waals surface area contributed by atoms with Gasteiger partial charge in [0.15, 0.2) is 5.82 Å². The van der Waals surface area contributed by atoms with E-state index >= 15 is 0 Å². The fourth-order valence-electron chi connectivity index (χ4n) is 3.05. The van der Waals surface area contributed by atoms with Crippen LogP contribution in [0.1, 0.15) is 42.7 Å². The molecule has 0 N–H and O–H groups in total. The lowest BCUT2D eigenvalue weighted by atomic mass is 9.87. The van der Waals surface area contributed by atoms with Gasteiger partial charge in [0.1, 0.15) is 5.71 Å². The number of pyridine rings is 1. The van der Waals surface area contributed by atoms with Gasteiger partial charge in [-0.2, -0.15) is 9.78 Å². The Balaban J connectivity index is 1.98. The van der Waals surface area contributed by atoms with E-state index in [-0.39, 0.29) is 11.0 Å². The molecule has 0 aromatic carbocycles. The molecule has 148 valence electrons. The van der Waals surface area contributed by atoms with E-state index in [0.717, 1.165) is 10.6 Å². The number of nitrogens with zero attached hydrogens (tertiary/aromatic N) is 6. The van der Waals surface area contributed by atoms with Gasteiger partial charge in [-0.15, -0.1) is 0 Å². The summed E-state index contributed by atoms with van der Waals surface area (Å²) in [7, 11) is 0. The molecule has 0 saturated carbocycles. The van der Waals surface area contributed by atoms with Gasteiger partial charge in [-0.25, -0.2) is 15.0 Å². The van der Waals surface area contributed by atoms with Crippen LogP contribution in [0.2, 0.25) is 0 Å². The Morgan fingerprint density at radius 1 is 1.10 bits per heavy atom. The van der Waals surface area contributed by atoms with Crippen molar-refractivity contribution in [1.29, 1.82) is 0 Å². The van der Waals surface area contributed by atoms with Crippen LogP contribution in [-0.2, 0) is 0 Å². The fraction of sp³-hybridized carbons (Fsp3) is 0.333. The number of hydrogen-bond acceptors (Lipinski definition) is 7. The molecule has 0 bridgehead atoms. The Hall–Kier alpha value is -3.00. The molecule has 3 aromatic heterocycles. The van der Waals surface area contributed by atoms with E-state index in [1.165, 1.54) is 16.0 Å². The molecule has 29 heavy (non-hydrogen) atoms. The largest absolute Gasteiger partial charge is 0.278 e. The van der Waals surface area contributed by atoms with Crippen molar-refractivity contribution in [3.05, 3.63) is 56.7 Å². The van der Waals surface area contributed by atoms with Crippen molar-refractivity contribution in [2.45, 2.75) is 41.5 Å². The smallest absolute Gasteiger partial charge is 0.267 e. The topological polar surface area (TPSA) is 85.4 Å². The first-order valence-corrected chi connectivity index (χ1v) is 10.2. The molecular weight excluding hydrogens is 384 g/mol. The van der Waals surface area contributed by atoms with E-state index in [4.69, 9.17) is 9.98 Å². The van der Waals surface area contributed by atoms with Gasteiger partial charge < -0.3 is 0 Å². The molecule has 1 aliphatic heterocycles. The molecule has 1 aliphatic rings. The van der Waals surface area contributed by atoms with E-state index in [0.29, 0.717) is 39.3 Å². The minimum absolute atomic E-state index is 0.214. The van der Waals surface area contributed by atoms with Gasteiger partial charge in [-0.05, 0) is 32.9 Å². The van der Waals surface area contributed by atoms with Crippen LogP contribution in [0.15, 0.2) is 39.3 Å². The first-order chi connectivity index (χ1) is 13.7. The third-order valence-corrected chi connectivity index (χ3v) is 5.73. The molecule has 0 unspecified atom stereocenters. The molecule has 0 aliphatic carbocycles. The molecule has 0 radical (unpaired) electrons. The molecule has 7 nitrogen and oxygen atoms in total. The molecule has 0 saturated heterocycles. The second kappa shape index (κ2) is 6.81. The summed E-state index contributed by atoms with van der Waals surface area (Å²) >= 11 is 1.52. The van der Waals surface area contributed by atoms with Crippen LogP contribution in [0.4, 0.5) is 5.13 Å². The summed E-state index contributed by atoms with van der Waals surface area (Å²) in [5, 5.41) is 5.24. The van der Waals surface area contributed by atoms with Crippen LogP contribution in [0, 0.1) is 26.2 Å². The number of hydrogen-bond donors (Lipinski definition) is 0. The number of aromatic nitrogens is 4. The highest BCUT2D eigenvalue weighted by atomic mass is 32.1. The maximum absolute atomic E-state index is 13.1.